The molecule has 1 fully saturated rings. The summed E-state index contributed by atoms with van der Waals surface area (Å²) in [5.74, 6) is 0.229. The average Bonchev–Trinajstić information content (AvgIpc) is 3.31. The molecule has 0 N–H and O–H groups in total. The van der Waals surface area contributed by atoms with Crippen molar-refractivity contribution in [2.75, 3.05) is 26.2 Å². The van der Waals surface area contributed by atoms with Crippen LogP contribution in [0.2, 0.25) is 0 Å². The smallest absolute Gasteiger partial charge is 0.127 e. The van der Waals surface area contributed by atoms with E-state index in [4.69, 9.17) is 5.26 Å². The van der Waals surface area contributed by atoms with Gasteiger partial charge in [-0.1, -0.05) is 13.8 Å². The Kier molecular flexibility index (Phi) is 7.20. The largest absolute Gasteiger partial charge is 0.293 e. The van der Waals surface area contributed by atoms with Gasteiger partial charge in [-0.2, -0.15) is 10.4 Å². The molecule has 2 unspecified atom stereocenters. The van der Waals surface area contributed by atoms with Crippen molar-refractivity contribution in [1.82, 2.24) is 19.0 Å². The normalized spacial score (nSPS) is 17.8. The first-order valence-corrected chi connectivity index (χ1v) is 13.6. The molecule has 37 heavy (non-hydrogen) atoms. The van der Waals surface area contributed by atoms with Gasteiger partial charge < -0.3 is 0 Å². The van der Waals surface area contributed by atoms with Gasteiger partial charge in [0.2, 0.25) is 0 Å². The SMILES string of the molecule is Cc1cc2c(cnn2-c2ccc(F)cc2)cc1C1CN(S(=O)c2ccc(C#N)cc2)CCN1CC(C)C. The van der Waals surface area contributed by atoms with Crippen LogP contribution in [0, 0.1) is 30.0 Å². The molecule has 1 saturated heterocycles. The fourth-order valence-electron chi connectivity index (χ4n) is 5.07. The first-order chi connectivity index (χ1) is 17.8. The van der Waals surface area contributed by atoms with Crippen molar-refractivity contribution in [3.05, 3.63) is 89.4 Å². The van der Waals surface area contributed by atoms with Gasteiger partial charge in [0.25, 0.3) is 0 Å². The van der Waals surface area contributed by atoms with Gasteiger partial charge in [-0.05, 0) is 84.6 Å². The summed E-state index contributed by atoms with van der Waals surface area (Å²) in [5.41, 5.74) is 4.68. The van der Waals surface area contributed by atoms with Gasteiger partial charge >= 0.3 is 0 Å². The van der Waals surface area contributed by atoms with Gasteiger partial charge in [0.1, 0.15) is 16.8 Å². The number of benzene rings is 3. The molecule has 6 nitrogen and oxygen atoms in total. The van der Waals surface area contributed by atoms with Crippen molar-refractivity contribution < 1.29 is 8.60 Å². The summed E-state index contributed by atoms with van der Waals surface area (Å²) < 4.78 is 30.8. The zero-order valence-electron chi connectivity index (χ0n) is 21.3. The number of aryl methyl sites for hydroxylation is 1. The molecule has 4 aromatic rings. The molecule has 0 spiro atoms. The molecule has 2 atom stereocenters. The third-order valence-electron chi connectivity index (χ3n) is 6.86. The Morgan fingerprint density at radius 1 is 1.11 bits per heavy atom. The summed E-state index contributed by atoms with van der Waals surface area (Å²) >= 11 is 0. The van der Waals surface area contributed by atoms with Crippen LogP contribution in [0.1, 0.15) is 36.6 Å². The molecule has 5 rings (SSSR count). The molecule has 0 amide bonds. The van der Waals surface area contributed by atoms with Crippen LogP contribution in [-0.2, 0) is 11.0 Å². The topological polar surface area (TPSA) is 65.2 Å². The van der Waals surface area contributed by atoms with Crippen LogP contribution in [0.25, 0.3) is 16.6 Å². The number of nitriles is 1. The zero-order valence-corrected chi connectivity index (χ0v) is 22.1. The number of hydrogen-bond donors (Lipinski definition) is 0. The summed E-state index contributed by atoms with van der Waals surface area (Å²) in [6.45, 7) is 9.67. The minimum Gasteiger partial charge on any atom is -0.293 e. The van der Waals surface area contributed by atoms with Crippen LogP contribution in [0.5, 0.6) is 0 Å². The second kappa shape index (κ2) is 10.5. The van der Waals surface area contributed by atoms with E-state index in [1.807, 2.05) is 15.2 Å². The third kappa shape index (κ3) is 5.21. The quantitative estimate of drug-likeness (QED) is 0.346. The number of nitrogens with zero attached hydrogens (tertiary/aromatic N) is 5. The molecule has 0 bridgehead atoms. The fourth-order valence-corrected chi connectivity index (χ4v) is 6.26. The summed E-state index contributed by atoms with van der Waals surface area (Å²) in [6.07, 6.45) is 1.85. The second-order valence-electron chi connectivity index (χ2n) is 9.98. The Balaban J connectivity index is 1.48. The maximum Gasteiger partial charge on any atom is 0.127 e. The first-order valence-electron chi connectivity index (χ1n) is 12.5. The lowest BCUT2D eigenvalue weighted by molar-refractivity contribution is 0.107. The third-order valence-corrected chi connectivity index (χ3v) is 8.34. The highest BCUT2D eigenvalue weighted by molar-refractivity contribution is 7.82. The van der Waals surface area contributed by atoms with E-state index in [0.29, 0.717) is 29.5 Å². The summed E-state index contributed by atoms with van der Waals surface area (Å²) in [5, 5.41) is 14.7. The van der Waals surface area contributed by atoms with E-state index in [0.717, 1.165) is 35.2 Å². The average molecular weight is 516 g/mol. The van der Waals surface area contributed by atoms with E-state index >= 15 is 0 Å². The lowest BCUT2D eigenvalue weighted by Crippen LogP contribution is -2.49. The number of halogens is 1. The minimum absolute atomic E-state index is 0.0806. The highest BCUT2D eigenvalue weighted by Crippen LogP contribution is 2.33. The molecule has 0 saturated carbocycles. The number of aromatic nitrogens is 2. The summed E-state index contributed by atoms with van der Waals surface area (Å²) in [7, 11) is -1.31. The lowest BCUT2D eigenvalue weighted by Gasteiger charge is -2.42. The van der Waals surface area contributed by atoms with Gasteiger partial charge in [-0.15, -0.1) is 0 Å². The van der Waals surface area contributed by atoms with Crippen molar-refractivity contribution in [2.45, 2.75) is 31.7 Å². The Hall–Kier alpha value is -3.38. The van der Waals surface area contributed by atoms with E-state index < -0.39 is 11.0 Å². The van der Waals surface area contributed by atoms with E-state index in [1.165, 1.54) is 17.7 Å². The van der Waals surface area contributed by atoms with E-state index in [-0.39, 0.29) is 11.9 Å². The molecule has 3 aromatic carbocycles. The number of piperazine rings is 1. The lowest BCUT2D eigenvalue weighted by atomic mass is 9.96. The van der Waals surface area contributed by atoms with Gasteiger partial charge in [0.05, 0.1) is 33.9 Å². The van der Waals surface area contributed by atoms with E-state index in [2.05, 4.69) is 49.0 Å². The number of fused-ring (bicyclic) bond motifs is 1. The molecule has 190 valence electrons. The molecule has 1 aliphatic rings. The Morgan fingerprint density at radius 2 is 1.84 bits per heavy atom. The van der Waals surface area contributed by atoms with Crippen LogP contribution < -0.4 is 0 Å². The second-order valence-corrected chi connectivity index (χ2v) is 11.5. The molecule has 0 radical (unpaired) electrons. The van der Waals surface area contributed by atoms with Gasteiger partial charge in [-0.3, -0.25) is 4.90 Å². The maximum absolute atomic E-state index is 13.5. The standard InChI is InChI=1S/C29H30FN5OS/c1-20(2)18-33-12-13-34(37(36)26-10-4-22(16-31)5-11-26)19-29(33)27-15-23-17-32-35(28(23)14-21(27)3)25-8-6-24(30)7-9-25/h4-11,14-15,17,20,29H,12-13,18-19H2,1-3H3. The minimum atomic E-state index is -1.31. The van der Waals surface area contributed by atoms with Crippen LogP contribution in [0.15, 0.2) is 71.8 Å². The van der Waals surface area contributed by atoms with Crippen molar-refractivity contribution in [1.29, 1.82) is 5.26 Å². The molecule has 1 aromatic heterocycles. The molecule has 0 aliphatic carbocycles. The Morgan fingerprint density at radius 3 is 2.51 bits per heavy atom. The monoisotopic (exact) mass is 515 g/mol. The number of hydrogen-bond acceptors (Lipinski definition) is 4. The Bertz CT molecular complexity index is 1470. The van der Waals surface area contributed by atoms with Gasteiger partial charge in [0, 0.05) is 37.6 Å². The molecular weight excluding hydrogens is 485 g/mol. The van der Waals surface area contributed by atoms with Crippen molar-refractivity contribution in [3.63, 3.8) is 0 Å². The highest BCUT2D eigenvalue weighted by Gasteiger charge is 2.32. The molecule has 1 aliphatic heterocycles. The van der Waals surface area contributed by atoms with E-state index in [9.17, 15) is 8.60 Å². The van der Waals surface area contributed by atoms with Crippen LogP contribution in [0.3, 0.4) is 0 Å². The predicted octanol–water partition coefficient (Wildman–Crippen LogP) is 5.38. The van der Waals surface area contributed by atoms with Crippen LogP contribution >= 0.6 is 0 Å². The Labute approximate surface area is 219 Å². The number of rotatable bonds is 6. The van der Waals surface area contributed by atoms with Crippen LogP contribution in [0.4, 0.5) is 4.39 Å². The van der Waals surface area contributed by atoms with E-state index in [1.54, 1.807) is 36.4 Å². The maximum atomic E-state index is 13.5. The predicted molar refractivity (Wildman–Crippen MR) is 144 cm³/mol. The molecule has 8 heteroatoms. The van der Waals surface area contributed by atoms with Crippen molar-refractivity contribution in [3.8, 4) is 11.8 Å². The first kappa shape index (κ1) is 25.3. The molecular formula is C29H30FN5OS. The van der Waals surface area contributed by atoms with Gasteiger partial charge in [0.15, 0.2) is 0 Å². The van der Waals surface area contributed by atoms with Crippen LogP contribution in [-0.4, -0.2) is 49.4 Å². The summed E-state index contributed by atoms with van der Waals surface area (Å²) in [4.78, 5) is 3.21. The molecule has 2 heterocycles. The fraction of sp³-hybridized carbons (Fsp3) is 0.310. The highest BCUT2D eigenvalue weighted by atomic mass is 32.2. The summed E-state index contributed by atoms with van der Waals surface area (Å²) in [6, 6.07) is 19.9. The van der Waals surface area contributed by atoms with Crippen molar-refractivity contribution in [2.24, 2.45) is 5.92 Å². The van der Waals surface area contributed by atoms with Crippen molar-refractivity contribution >= 4 is 21.9 Å². The zero-order chi connectivity index (χ0) is 26.1. The van der Waals surface area contributed by atoms with Gasteiger partial charge in [-0.25, -0.2) is 17.6 Å².